The molecule has 0 saturated carbocycles. The van der Waals surface area contributed by atoms with E-state index in [4.69, 9.17) is 4.74 Å². The maximum absolute atomic E-state index is 10.3. The molecule has 0 spiro atoms. The summed E-state index contributed by atoms with van der Waals surface area (Å²) in [7, 11) is 0. The Balaban J connectivity index is 1.68. The van der Waals surface area contributed by atoms with Crippen molar-refractivity contribution in [2.45, 2.75) is 23.5 Å². The van der Waals surface area contributed by atoms with Crippen LogP contribution < -0.4 is 4.74 Å². The molecular formula is C16H16O2S. The fraction of sp³-hybridized carbons (Fsp3) is 0.250. The summed E-state index contributed by atoms with van der Waals surface area (Å²) in [6, 6.07) is 18.0. The number of para-hydroxylation sites is 1. The molecule has 0 fully saturated rings. The first-order valence-corrected chi connectivity index (χ1v) is 7.42. The third-order valence-electron chi connectivity index (χ3n) is 3.25. The maximum Gasteiger partial charge on any atom is 0.134 e. The predicted molar refractivity (Wildman–Crippen MR) is 77.7 cm³/mol. The van der Waals surface area contributed by atoms with Gasteiger partial charge in [0.15, 0.2) is 0 Å². The van der Waals surface area contributed by atoms with Crippen LogP contribution in [0.5, 0.6) is 5.75 Å². The smallest absolute Gasteiger partial charge is 0.134 e. The maximum atomic E-state index is 10.3. The van der Waals surface area contributed by atoms with Gasteiger partial charge >= 0.3 is 0 Å². The zero-order valence-electron chi connectivity index (χ0n) is 10.5. The number of hydrogen-bond acceptors (Lipinski definition) is 3. The highest BCUT2D eigenvalue weighted by Crippen LogP contribution is 2.35. The van der Waals surface area contributed by atoms with Gasteiger partial charge in [0, 0.05) is 17.1 Å². The molecule has 0 radical (unpaired) electrons. The molecule has 3 rings (SSSR count). The topological polar surface area (TPSA) is 29.5 Å². The summed E-state index contributed by atoms with van der Waals surface area (Å²) >= 11 is 1.75. The van der Waals surface area contributed by atoms with Crippen LogP contribution in [-0.4, -0.2) is 23.1 Å². The summed E-state index contributed by atoms with van der Waals surface area (Å²) in [5.41, 5.74) is 1.14. The van der Waals surface area contributed by atoms with Crippen LogP contribution in [0.25, 0.3) is 0 Å². The molecule has 2 atom stereocenters. The van der Waals surface area contributed by atoms with Crippen molar-refractivity contribution in [1.82, 2.24) is 0 Å². The molecule has 0 bridgehead atoms. The molecule has 0 amide bonds. The van der Waals surface area contributed by atoms with Crippen molar-refractivity contribution in [3.63, 3.8) is 0 Å². The minimum Gasteiger partial charge on any atom is -0.486 e. The molecule has 1 aliphatic rings. The molecular weight excluding hydrogens is 256 g/mol. The van der Waals surface area contributed by atoms with Crippen molar-refractivity contribution < 1.29 is 9.84 Å². The van der Waals surface area contributed by atoms with Crippen LogP contribution in [0.4, 0.5) is 0 Å². The van der Waals surface area contributed by atoms with Gasteiger partial charge in [-0.05, 0) is 17.7 Å². The second-order valence-corrected chi connectivity index (χ2v) is 5.73. The van der Waals surface area contributed by atoms with Gasteiger partial charge in [-0.15, -0.1) is 11.8 Å². The first-order chi connectivity index (χ1) is 9.33. The third-order valence-corrected chi connectivity index (χ3v) is 4.39. The van der Waals surface area contributed by atoms with Gasteiger partial charge in [-0.3, -0.25) is 0 Å². The van der Waals surface area contributed by atoms with Gasteiger partial charge in [-0.25, -0.2) is 0 Å². The van der Waals surface area contributed by atoms with E-state index in [2.05, 4.69) is 6.07 Å². The minimum absolute atomic E-state index is 0.139. The third kappa shape index (κ3) is 2.94. The van der Waals surface area contributed by atoms with Crippen molar-refractivity contribution in [3.05, 3.63) is 60.2 Å². The largest absolute Gasteiger partial charge is 0.486 e. The number of ether oxygens (including phenoxy) is 1. The van der Waals surface area contributed by atoms with Gasteiger partial charge in [0.25, 0.3) is 0 Å². The number of thioether (sulfide) groups is 1. The summed E-state index contributed by atoms with van der Waals surface area (Å²) in [5, 5.41) is 10.3. The Bertz CT molecular complexity index is 541. The van der Waals surface area contributed by atoms with Gasteiger partial charge < -0.3 is 9.84 Å². The number of aliphatic hydroxyl groups excluding tert-OH is 1. The Kier molecular flexibility index (Phi) is 3.76. The molecule has 2 nitrogen and oxygen atoms in total. The number of fused-ring (bicyclic) bond motifs is 1. The predicted octanol–water partition coefficient (Wildman–Crippen LogP) is 3.14. The van der Waals surface area contributed by atoms with Gasteiger partial charge in [0.05, 0.1) is 6.10 Å². The molecule has 0 aliphatic carbocycles. The van der Waals surface area contributed by atoms with Crippen molar-refractivity contribution in [1.29, 1.82) is 0 Å². The molecule has 1 heterocycles. The van der Waals surface area contributed by atoms with E-state index in [-0.39, 0.29) is 6.10 Å². The molecule has 98 valence electrons. The summed E-state index contributed by atoms with van der Waals surface area (Å²) in [6.07, 6.45) is 0.0252. The quantitative estimate of drug-likeness (QED) is 0.930. The molecule has 0 aromatic heterocycles. The van der Waals surface area contributed by atoms with E-state index in [1.807, 2.05) is 48.5 Å². The van der Waals surface area contributed by atoms with Crippen LogP contribution in [0.15, 0.2) is 59.5 Å². The SMILES string of the molecule is OC(Cc1ccccc1)C1CSc2ccccc2O1. The average Bonchev–Trinajstić information content (AvgIpc) is 2.48. The Hall–Kier alpha value is -1.45. The number of rotatable bonds is 3. The second-order valence-electron chi connectivity index (χ2n) is 4.67. The fourth-order valence-corrected chi connectivity index (χ4v) is 3.28. The summed E-state index contributed by atoms with van der Waals surface area (Å²) in [4.78, 5) is 1.16. The molecule has 2 aromatic rings. The zero-order valence-corrected chi connectivity index (χ0v) is 11.3. The number of benzene rings is 2. The highest BCUT2D eigenvalue weighted by atomic mass is 32.2. The summed E-state index contributed by atoms with van der Waals surface area (Å²) < 4.78 is 5.90. The molecule has 1 N–H and O–H groups in total. The lowest BCUT2D eigenvalue weighted by atomic mass is 10.0. The van der Waals surface area contributed by atoms with Crippen molar-refractivity contribution >= 4 is 11.8 Å². The van der Waals surface area contributed by atoms with E-state index in [0.717, 1.165) is 22.0 Å². The van der Waals surface area contributed by atoms with Crippen molar-refractivity contribution in [2.75, 3.05) is 5.75 Å². The number of aliphatic hydroxyl groups is 1. The molecule has 19 heavy (non-hydrogen) atoms. The molecule has 2 unspecified atom stereocenters. The van der Waals surface area contributed by atoms with Crippen molar-refractivity contribution in [2.24, 2.45) is 0 Å². The van der Waals surface area contributed by atoms with E-state index in [0.29, 0.717) is 6.42 Å². The molecule has 1 aliphatic heterocycles. The van der Waals surface area contributed by atoms with Crippen LogP contribution in [-0.2, 0) is 6.42 Å². The van der Waals surface area contributed by atoms with E-state index in [1.165, 1.54) is 0 Å². The van der Waals surface area contributed by atoms with E-state index in [1.54, 1.807) is 11.8 Å². The molecule has 3 heteroatoms. The fourth-order valence-electron chi connectivity index (χ4n) is 2.21. The lowest BCUT2D eigenvalue weighted by Gasteiger charge is -2.29. The highest BCUT2D eigenvalue weighted by Gasteiger charge is 2.26. The van der Waals surface area contributed by atoms with Crippen LogP contribution in [0.3, 0.4) is 0 Å². The van der Waals surface area contributed by atoms with Gasteiger partial charge in [0.2, 0.25) is 0 Å². The number of hydrogen-bond donors (Lipinski definition) is 1. The lowest BCUT2D eigenvalue weighted by Crippen LogP contribution is -2.37. The Morgan fingerprint density at radius 2 is 1.84 bits per heavy atom. The van der Waals surface area contributed by atoms with Gasteiger partial charge in [0.1, 0.15) is 11.9 Å². The van der Waals surface area contributed by atoms with E-state index < -0.39 is 6.10 Å². The minimum atomic E-state index is -0.469. The first kappa shape index (κ1) is 12.6. The normalized spacial score (nSPS) is 19.3. The standard InChI is InChI=1S/C16H16O2S/c17-13(10-12-6-2-1-3-7-12)15-11-19-16-9-5-4-8-14(16)18-15/h1-9,13,15,17H,10-11H2. The Morgan fingerprint density at radius 3 is 2.68 bits per heavy atom. The van der Waals surface area contributed by atoms with Gasteiger partial charge in [-0.2, -0.15) is 0 Å². The monoisotopic (exact) mass is 272 g/mol. The summed E-state index contributed by atoms with van der Waals surface area (Å²) in [5.74, 6) is 1.68. The van der Waals surface area contributed by atoms with Crippen molar-refractivity contribution in [3.8, 4) is 5.75 Å². The van der Waals surface area contributed by atoms with Crippen LogP contribution in [0, 0.1) is 0 Å². The molecule has 2 aromatic carbocycles. The van der Waals surface area contributed by atoms with Gasteiger partial charge in [-0.1, -0.05) is 42.5 Å². The second kappa shape index (κ2) is 5.68. The molecule has 0 saturated heterocycles. The van der Waals surface area contributed by atoms with E-state index >= 15 is 0 Å². The Labute approximate surface area is 117 Å². The van der Waals surface area contributed by atoms with Crippen LogP contribution in [0.2, 0.25) is 0 Å². The Morgan fingerprint density at radius 1 is 1.11 bits per heavy atom. The lowest BCUT2D eigenvalue weighted by molar-refractivity contribution is 0.0468. The first-order valence-electron chi connectivity index (χ1n) is 6.43. The van der Waals surface area contributed by atoms with Crippen LogP contribution >= 0.6 is 11.8 Å². The summed E-state index contributed by atoms with van der Waals surface area (Å²) in [6.45, 7) is 0. The zero-order chi connectivity index (χ0) is 13.1. The van der Waals surface area contributed by atoms with Crippen LogP contribution in [0.1, 0.15) is 5.56 Å². The highest BCUT2D eigenvalue weighted by molar-refractivity contribution is 7.99. The average molecular weight is 272 g/mol. The van der Waals surface area contributed by atoms with E-state index in [9.17, 15) is 5.11 Å².